The second kappa shape index (κ2) is 7.49. The van der Waals surface area contributed by atoms with Crippen molar-refractivity contribution in [3.05, 3.63) is 42.2 Å². The number of carboxylic acids is 1. The number of aromatic nitrogens is 2. The van der Waals surface area contributed by atoms with Gasteiger partial charge in [0.25, 0.3) is 10.0 Å². The van der Waals surface area contributed by atoms with Crippen LogP contribution in [0.25, 0.3) is 0 Å². The highest BCUT2D eigenvalue weighted by Gasteiger charge is 2.28. The van der Waals surface area contributed by atoms with E-state index in [9.17, 15) is 13.2 Å². The van der Waals surface area contributed by atoms with Gasteiger partial charge in [0.1, 0.15) is 4.90 Å². The van der Waals surface area contributed by atoms with Crippen LogP contribution in [0.4, 0.5) is 5.69 Å². The number of hydrogen-bond acceptors (Lipinski definition) is 4. The maximum Gasteiger partial charge on any atom is 0.305 e. The molecule has 0 amide bonds. The van der Waals surface area contributed by atoms with E-state index in [0.717, 1.165) is 35.6 Å². The SMILES string of the molecule is Cc1ccc(N(CCC(=O)O)S(=O)(=O)c2cnn(C3CCCC3)c2)cc1. The summed E-state index contributed by atoms with van der Waals surface area (Å²) in [5, 5.41) is 13.2. The van der Waals surface area contributed by atoms with Crippen molar-refractivity contribution in [1.29, 1.82) is 0 Å². The summed E-state index contributed by atoms with van der Waals surface area (Å²) in [5.41, 5.74) is 1.45. The summed E-state index contributed by atoms with van der Waals surface area (Å²) < 4.78 is 29.2. The van der Waals surface area contributed by atoms with Gasteiger partial charge in [-0.2, -0.15) is 5.10 Å². The molecule has 2 aromatic rings. The number of benzene rings is 1. The van der Waals surface area contributed by atoms with Crippen molar-refractivity contribution < 1.29 is 18.3 Å². The first-order valence-electron chi connectivity index (χ1n) is 8.73. The lowest BCUT2D eigenvalue weighted by molar-refractivity contribution is -0.136. The Kier molecular flexibility index (Phi) is 5.31. The van der Waals surface area contributed by atoms with Crippen molar-refractivity contribution in [2.24, 2.45) is 0 Å². The predicted molar refractivity (Wildman–Crippen MR) is 97.7 cm³/mol. The maximum absolute atomic E-state index is 13.1. The average molecular weight is 377 g/mol. The molecule has 26 heavy (non-hydrogen) atoms. The molecule has 0 aliphatic heterocycles. The van der Waals surface area contributed by atoms with Crippen LogP contribution in [0, 0.1) is 6.92 Å². The minimum atomic E-state index is -3.88. The number of nitrogens with zero attached hydrogens (tertiary/aromatic N) is 3. The van der Waals surface area contributed by atoms with E-state index in [-0.39, 0.29) is 23.9 Å². The Morgan fingerprint density at radius 3 is 2.54 bits per heavy atom. The Balaban J connectivity index is 1.92. The largest absolute Gasteiger partial charge is 0.481 e. The first-order chi connectivity index (χ1) is 12.4. The van der Waals surface area contributed by atoms with Crippen LogP contribution in [-0.2, 0) is 14.8 Å². The highest BCUT2D eigenvalue weighted by atomic mass is 32.2. The summed E-state index contributed by atoms with van der Waals surface area (Å²) in [5.74, 6) is -1.04. The van der Waals surface area contributed by atoms with Gasteiger partial charge in [-0.15, -0.1) is 0 Å². The molecule has 0 saturated heterocycles. The average Bonchev–Trinajstić information content (AvgIpc) is 3.27. The highest BCUT2D eigenvalue weighted by Crippen LogP contribution is 2.30. The van der Waals surface area contributed by atoms with E-state index in [0.29, 0.717) is 5.69 Å². The van der Waals surface area contributed by atoms with Crippen molar-refractivity contribution >= 4 is 21.7 Å². The molecule has 0 unspecified atom stereocenters. The third-order valence-corrected chi connectivity index (χ3v) is 6.50. The number of carboxylic acid groups (broad SMARTS) is 1. The molecule has 140 valence electrons. The van der Waals surface area contributed by atoms with Gasteiger partial charge in [-0.3, -0.25) is 13.8 Å². The van der Waals surface area contributed by atoms with E-state index in [1.54, 1.807) is 35.1 Å². The highest BCUT2D eigenvalue weighted by molar-refractivity contribution is 7.92. The van der Waals surface area contributed by atoms with Crippen LogP contribution >= 0.6 is 0 Å². The zero-order chi connectivity index (χ0) is 18.7. The molecule has 1 aromatic carbocycles. The van der Waals surface area contributed by atoms with Crippen molar-refractivity contribution in [1.82, 2.24) is 9.78 Å². The fraction of sp³-hybridized carbons (Fsp3) is 0.444. The second-order valence-corrected chi connectivity index (χ2v) is 8.51. The van der Waals surface area contributed by atoms with Crippen molar-refractivity contribution in [3.8, 4) is 0 Å². The maximum atomic E-state index is 13.1. The van der Waals surface area contributed by atoms with Crippen LogP contribution in [0.5, 0.6) is 0 Å². The number of sulfonamides is 1. The summed E-state index contributed by atoms with van der Waals surface area (Å²) >= 11 is 0. The summed E-state index contributed by atoms with van der Waals surface area (Å²) in [6, 6.07) is 7.23. The van der Waals surface area contributed by atoms with Crippen LogP contribution < -0.4 is 4.31 Å². The third-order valence-electron chi connectivity index (χ3n) is 4.72. The smallest absolute Gasteiger partial charge is 0.305 e. The van der Waals surface area contributed by atoms with E-state index < -0.39 is 16.0 Å². The summed E-state index contributed by atoms with van der Waals surface area (Å²) in [6.45, 7) is 1.78. The predicted octanol–water partition coefficient (Wildman–Crippen LogP) is 2.98. The molecule has 1 heterocycles. The fourth-order valence-corrected chi connectivity index (χ4v) is 4.65. The first kappa shape index (κ1) is 18.4. The monoisotopic (exact) mass is 377 g/mol. The van der Waals surface area contributed by atoms with Gasteiger partial charge in [0, 0.05) is 12.7 Å². The molecular formula is C18H23N3O4S. The normalized spacial score (nSPS) is 15.3. The Labute approximate surface area is 153 Å². The number of carbonyl (C=O) groups is 1. The molecule has 7 nitrogen and oxygen atoms in total. The molecule has 0 atom stereocenters. The van der Waals surface area contributed by atoms with Crippen molar-refractivity contribution in [2.45, 2.75) is 50.0 Å². The van der Waals surface area contributed by atoms with E-state index in [1.165, 1.54) is 6.20 Å². The zero-order valence-electron chi connectivity index (χ0n) is 14.7. The summed E-state index contributed by atoms with van der Waals surface area (Å²) in [7, 11) is -3.88. The van der Waals surface area contributed by atoms with Crippen LogP contribution in [0.3, 0.4) is 0 Å². The molecule has 0 spiro atoms. The Morgan fingerprint density at radius 2 is 1.92 bits per heavy atom. The third kappa shape index (κ3) is 3.90. The zero-order valence-corrected chi connectivity index (χ0v) is 15.5. The first-order valence-corrected chi connectivity index (χ1v) is 10.2. The van der Waals surface area contributed by atoms with E-state index in [2.05, 4.69) is 5.10 Å². The molecular weight excluding hydrogens is 354 g/mol. The lowest BCUT2D eigenvalue weighted by Crippen LogP contribution is -2.33. The van der Waals surface area contributed by atoms with Gasteiger partial charge in [0.15, 0.2) is 0 Å². The van der Waals surface area contributed by atoms with E-state index >= 15 is 0 Å². The van der Waals surface area contributed by atoms with Gasteiger partial charge < -0.3 is 5.11 Å². The lowest BCUT2D eigenvalue weighted by Gasteiger charge is -2.23. The molecule has 0 bridgehead atoms. The van der Waals surface area contributed by atoms with Crippen molar-refractivity contribution in [2.75, 3.05) is 10.8 Å². The minimum absolute atomic E-state index is 0.0929. The molecule has 3 rings (SSSR count). The van der Waals surface area contributed by atoms with Crippen molar-refractivity contribution in [3.63, 3.8) is 0 Å². The quantitative estimate of drug-likeness (QED) is 0.801. The molecule has 1 aromatic heterocycles. The lowest BCUT2D eigenvalue weighted by atomic mass is 10.2. The number of aryl methyl sites for hydroxylation is 1. The molecule has 1 fully saturated rings. The van der Waals surface area contributed by atoms with Gasteiger partial charge in [0.2, 0.25) is 0 Å². The second-order valence-electron chi connectivity index (χ2n) is 6.65. The van der Waals surface area contributed by atoms with E-state index in [4.69, 9.17) is 5.11 Å². The standard InChI is InChI=1S/C18H23N3O4S/c1-14-6-8-16(9-7-14)21(11-10-18(22)23)26(24,25)17-12-19-20(13-17)15-4-2-3-5-15/h6-9,12-13,15H,2-5,10-11H2,1H3,(H,22,23). The van der Waals surface area contributed by atoms with Crippen LogP contribution in [0.2, 0.25) is 0 Å². The molecule has 1 saturated carbocycles. The number of aliphatic carboxylic acids is 1. The number of rotatable bonds is 7. The van der Waals surface area contributed by atoms with Gasteiger partial charge >= 0.3 is 5.97 Å². The molecule has 0 radical (unpaired) electrons. The van der Waals surface area contributed by atoms with Gasteiger partial charge in [0.05, 0.1) is 24.3 Å². The topological polar surface area (TPSA) is 92.5 Å². The molecule has 8 heteroatoms. The minimum Gasteiger partial charge on any atom is -0.481 e. The molecule has 1 N–H and O–H groups in total. The van der Waals surface area contributed by atoms with Gasteiger partial charge in [-0.25, -0.2) is 8.42 Å². The molecule has 1 aliphatic carbocycles. The van der Waals surface area contributed by atoms with Gasteiger partial charge in [-0.05, 0) is 31.9 Å². The molecule has 1 aliphatic rings. The van der Waals surface area contributed by atoms with Crippen LogP contribution in [-0.4, -0.2) is 35.8 Å². The Morgan fingerprint density at radius 1 is 1.27 bits per heavy atom. The van der Waals surface area contributed by atoms with Crippen LogP contribution in [0.1, 0.15) is 43.7 Å². The number of anilines is 1. The van der Waals surface area contributed by atoms with Gasteiger partial charge in [-0.1, -0.05) is 30.5 Å². The van der Waals surface area contributed by atoms with E-state index in [1.807, 2.05) is 6.92 Å². The number of hydrogen-bond donors (Lipinski definition) is 1. The Hall–Kier alpha value is -2.35. The fourth-order valence-electron chi connectivity index (χ4n) is 3.25. The van der Waals surface area contributed by atoms with Crippen LogP contribution in [0.15, 0.2) is 41.6 Å². The Bertz CT molecular complexity index is 868. The summed E-state index contributed by atoms with van der Waals surface area (Å²) in [6.07, 6.45) is 6.90. The summed E-state index contributed by atoms with van der Waals surface area (Å²) in [4.78, 5) is 11.1.